The lowest BCUT2D eigenvalue weighted by atomic mass is 9.94. The average molecular weight is 460 g/mol. The van der Waals surface area contributed by atoms with Gasteiger partial charge < -0.3 is 0 Å². The second kappa shape index (κ2) is 13.6. The van der Waals surface area contributed by atoms with Crippen LogP contribution in [0, 0.1) is 27.7 Å². The summed E-state index contributed by atoms with van der Waals surface area (Å²) in [7, 11) is 0. The molecule has 3 aromatic heterocycles. The Kier molecular flexibility index (Phi) is 9.89. The lowest BCUT2D eigenvalue weighted by Gasteiger charge is -2.12. The number of aryl methyl sites for hydroxylation is 4. The molecule has 0 aliphatic heterocycles. The normalized spacial score (nSPS) is 9.83. The Labute approximate surface area is 209 Å². The Morgan fingerprint density at radius 2 is 1.17 bits per heavy atom. The number of aromatic nitrogens is 3. The SMILES string of the molecule is Cc1cccnc1C.Cc1ccncc1.Cc1nccc(-c2ccccc2)c1Cc1ccccc1. The highest BCUT2D eigenvalue weighted by Gasteiger charge is 2.09. The zero-order chi connectivity index (χ0) is 24.9. The molecular formula is C32H33N3. The highest BCUT2D eigenvalue weighted by molar-refractivity contribution is 5.68. The van der Waals surface area contributed by atoms with Crippen molar-refractivity contribution in [3.05, 3.63) is 149 Å². The van der Waals surface area contributed by atoms with Gasteiger partial charge in [0.15, 0.2) is 0 Å². The summed E-state index contributed by atoms with van der Waals surface area (Å²) in [4.78, 5) is 12.4. The first kappa shape index (κ1) is 25.5. The molecule has 5 aromatic rings. The average Bonchev–Trinajstić information content (AvgIpc) is 2.89. The minimum absolute atomic E-state index is 0.921. The van der Waals surface area contributed by atoms with Crippen LogP contribution >= 0.6 is 0 Å². The van der Waals surface area contributed by atoms with Crippen LogP contribution in [-0.2, 0) is 6.42 Å². The van der Waals surface area contributed by atoms with Crippen LogP contribution in [0.25, 0.3) is 11.1 Å². The summed E-state index contributed by atoms with van der Waals surface area (Å²) in [6.07, 6.45) is 8.20. The fraction of sp³-hybridized carbons (Fsp3) is 0.156. The number of benzene rings is 2. The number of hydrogen-bond acceptors (Lipinski definition) is 3. The van der Waals surface area contributed by atoms with Gasteiger partial charge in [-0.1, -0.05) is 66.7 Å². The van der Waals surface area contributed by atoms with Crippen molar-refractivity contribution >= 4 is 0 Å². The molecule has 3 nitrogen and oxygen atoms in total. The maximum absolute atomic E-state index is 4.46. The third kappa shape index (κ3) is 8.31. The van der Waals surface area contributed by atoms with Crippen LogP contribution in [-0.4, -0.2) is 15.0 Å². The van der Waals surface area contributed by atoms with Crippen molar-refractivity contribution in [2.45, 2.75) is 34.1 Å². The van der Waals surface area contributed by atoms with Gasteiger partial charge in [0.25, 0.3) is 0 Å². The molecule has 5 rings (SSSR count). The van der Waals surface area contributed by atoms with E-state index in [0.29, 0.717) is 0 Å². The number of nitrogens with zero attached hydrogens (tertiary/aromatic N) is 3. The summed E-state index contributed by atoms with van der Waals surface area (Å²) in [5.41, 5.74) is 9.90. The summed E-state index contributed by atoms with van der Waals surface area (Å²) >= 11 is 0. The van der Waals surface area contributed by atoms with Crippen molar-refractivity contribution in [2.75, 3.05) is 0 Å². The molecule has 3 heteroatoms. The first-order valence-electron chi connectivity index (χ1n) is 11.8. The van der Waals surface area contributed by atoms with Gasteiger partial charge in [0.05, 0.1) is 0 Å². The Balaban J connectivity index is 0.000000186. The van der Waals surface area contributed by atoms with E-state index in [9.17, 15) is 0 Å². The van der Waals surface area contributed by atoms with Gasteiger partial charge in [0, 0.05) is 36.2 Å². The molecule has 0 fully saturated rings. The molecule has 2 aromatic carbocycles. The van der Waals surface area contributed by atoms with E-state index in [1.165, 1.54) is 33.4 Å². The summed E-state index contributed by atoms with van der Waals surface area (Å²) < 4.78 is 0. The zero-order valence-electron chi connectivity index (χ0n) is 21.0. The summed E-state index contributed by atoms with van der Waals surface area (Å²) in [5.74, 6) is 0. The molecular weight excluding hydrogens is 426 g/mol. The summed E-state index contributed by atoms with van der Waals surface area (Å²) in [5, 5.41) is 0. The van der Waals surface area contributed by atoms with Gasteiger partial charge in [-0.2, -0.15) is 0 Å². The van der Waals surface area contributed by atoms with Crippen molar-refractivity contribution in [3.63, 3.8) is 0 Å². The van der Waals surface area contributed by atoms with Crippen LogP contribution in [0.15, 0.2) is 116 Å². The molecule has 0 N–H and O–H groups in total. The fourth-order valence-electron chi connectivity index (χ4n) is 3.50. The quantitative estimate of drug-likeness (QED) is 0.277. The molecule has 0 saturated heterocycles. The van der Waals surface area contributed by atoms with Gasteiger partial charge >= 0.3 is 0 Å². The van der Waals surface area contributed by atoms with E-state index in [1.54, 1.807) is 12.4 Å². The predicted molar refractivity (Wildman–Crippen MR) is 146 cm³/mol. The smallest absolute Gasteiger partial charge is 0.0414 e. The topological polar surface area (TPSA) is 38.7 Å². The minimum Gasteiger partial charge on any atom is -0.265 e. The lowest BCUT2D eigenvalue weighted by Crippen LogP contribution is -1.98. The largest absolute Gasteiger partial charge is 0.265 e. The molecule has 0 bridgehead atoms. The molecule has 0 aliphatic carbocycles. The van der Waals surface area contributed by atoms with Gasteiger partial charge in [-0.05, 0) is 91.8 Å². The molecule has 0 amide bonds. The van der Waals surface area contributed by atoms with E-state index in [1.807, 2.05) is 44.4 Å². The minimum atomic E-state index is 0.921. The molecule has 3 heterocycles. The Hall–Kier alpha value is -4.11. The van der Waals surface area contributed by atoms with Crippen LogP contribution in [0.3, 0.4) is 0 Å². The summed E-state index contributed by atoms with van der Waals surface area (Å²) in [6, 6.07) is 31.1. The lowest BCUT2D eigenvalue weighted by molar-refractivity contribution is 1.08. The van der Waals surface area contributed by atoms with E-state index >= 15 is 0 Å². The first-order valence-corrected chi connectivity index (χ1v) is 11.8. The molecule has 0 atom stereocenters. The van der Waals surface area contributed by atoms with E-state index in [0.717, 1.165) is 17.8 Å². The van der Waals surface area contributed by atoms with Crippen molar-refractivity contribution in [3.8, 4) is 11.1 Å². The van der Waals surface area contributed by atoms with Crippen molar-refractivity contribution in [1.82, 2.24) is 15.0 Å². The van der Waals surface area contributed by atoms with Gasteiger partial charge in [-0.25, -0.2) is 0 Å². The molecule has 0 radical (unpaired) electrons. The Bertz CT molecular complexity index is 1260. The van der Waals surface area contributed by atoms with Crippen LogP contribution in [0.4, 0.5) is 0 Å². The molecule has 0 spiro atoms. The Morgan fingerprint density at radius 3 is 1.71 bits per heavy atom. The predicted octanol–water partition coefficient (Wildman–Crippen LogP) is 7.74. The monoisotopic (exact) mass is 459 g/mol. The number of pyridine rings is 3. The van der Waals surface area contributed by atoms with Crippen molar-refractivity contribution in [2.24, 2.45) is 0 Å². The van der Waals surface area contributed by atoms with Gasteiger partial charge in [-0.3, -0.25) is 15.0 Å². The maximum Gasteiger partial charge on any atom is 0.0414 e. The van der Waals surface area contributed by atoms with Crippen LogP contribution in [0.2, 0.25) is 0 Å². The van der Waals surface area contributed by atoms with E-state index in [-0.39, 0.29) is 0 Å². The number of rotatable bonds is 3. The molecule has 0 aliphatic rings. The third-order valence-electron chi connectivity index (χ3n) is 5.70. The second-order valence-corrected chi connectivity index (χ2v) is 8.38. The zero-order valence-corrected chi connectivity index (χ0v) is 21.0. The van der Waals surface area contributed by atoms with Crippen molar-refractivity contribution < 1.29 is 0 Å². The standard InChI is InChI=1S/C19H17N.C7H9N.C6H7N/c1-15-19(14-16-8-4-2-5-9-16)18(12-13-20-15)17-10-6-3-7-11-17;1-6-4-3-5-8-7(6)2;1-6-2-4-7-5-3-6/h2-13H,14H2,1H3;3-5H,1-2H3;2-5H,1H3. The highest BCUT2D eigenvalue weighted by Crippen LogP contribution is 2.27. The van der Waals surface area contributed by atoms with Crippen molar-refractivity contribution in [1.29, 1.82) is 0 Å². The number of hydrogen-bond donors (Lipinski definition) is 0. The maximum atomic E-state index is 4.46. The third-order valence-corrected chi connectivity index (χ3v) is 5.70. The van der Waals surface area contributed by atoms with E-state index in [4.69, 9.17) is 0 Å². The molecule has 0 saturated carbocycles. The van der Waals surface area contributed by atoms with E-state index in [2.05, 4.69) is 102 Å². The van der Waals surface area contributed by atoms with Gasteiger partial charge in [0.1, 0.15) is 0 Å². The molecule has 35 heavy (non-hydrogen) atoms. The van der Waals surface area contributed by atoms with E-state index < -0.39 is 0 Å². The second-order valence-electron chi connectivity index (χ2n) is 8.38. The van der Waals surface area contributed by atoms with Crippen LogP contribution < -0.4 is 0 Å². The first-order chi connectivity index (χ1) is 17.0. The Morgan fingerprint density at radius 1 is 0.543 bits per heavy atom. The van der Waals surface area contributed by atoms with Gasteiger partial charge in [-0.15, -0.1) is 0 Å². The molecule has 176 valence electrons. The summed E-state index contributed by atoms with van der Waals surface area (Å²) in [6.45, 7) is 8.20. The fourth-order valence-corrected chi connectivity index (χ4v) is 3.50. The highest BCUT2D eigenvalue weighted by atomic mass is 14.7. The van der Waals surface area contributed by atoms with Gasteiger partial charge in [0.2, 0.25) is 0 Å². The molecule has 0 unspecified atom stereocenters. The van der Waals surface area contributed by atoms with Crippen LogP contribution in [0.5, 0.6) is 0 Å². The van der Waals surface area contributed by atoms with Crippen LogP contribution in [0.1, 0.15) is 33.6 Å².